The lowest BCUT2D eigenvalue weighted by Crippen LogP contribution is -2.12. The Kier molecular flexibility index (Phi) is 17.0. The molecule has 0 bridgehead atoms. The van der Waals surface area contributed by atoms with Gasteiger partial charge in [-0.2, -0.15) is 0 Å². The van der Waals surface area contributed by atoms with Crippen LogP contribution in [0.2, 0.25) is 10.0 Å². The second-order valence-electron chi connectivity index (χ2n) is 11.5. The first-order chi connectivity index (χ1) is 18.9. The fraction of sp³-hybridized carbons (Fsp3) is 0.548. The molecule has 0 spiro atoms. The molecule has 2 aliphatic rings. The summed E-state index contributed by atoms with van der Waals surface area (Å²) < 4.78 is 27.4. The number of amides is 2. The average molecular weight is 601 g/mol. The van der Waals surface area contributed by atoms with E-state index in [1.54, 1.807) is 12.1 Å². The normalized spacial score (nSPS) is 17.7. The van der Waals surface area contributed by atoms with E-state index in [0.717, 1.165) is 18.5 Å². The molecule has 3 N–H and O–H groups in total. The number of benzene rings is 2. The topological polar surface area (TPSA) is 70.2 Å². The Morgan fingerprint density at radius 1 is 0.875 bits per heavy atom. The first-order valence-corrected chi connectivity index (χ1v) is 14.7. The van der Waals surface area contributed by atoms with Crippen LogP contribution in [0.25, 0.3) is 0 Å². The molecule has 2 amide bonds. The summed E-state index contributed by atoms with van der Waals surface area (Å²) in [5.74, 6) is -1.17. The molecule has 9 heteroatoms. The van der Waals surface area contributed by atoms with Crippen LogP contribution in [0, 0.1) is 17.0 Å². The van der Waals surface area contributed by atoms with Gasteiger partial charge < -0.3 is 16.0 Å². The summed E-state index contributed by atoms with van der Waals surface area (Å²) in [5, 5.41) is 8.32. The third kappa shape index (κ3) is 13.9. The summed E-state index contributed by atoms with van der Waals surface area (Å²) in [6, 6.07) is 7.31. The van der Waals surface area contributed by atoms with Crippen molar-refractivity contribution < 1.29 is 18.4 Å². The van der Waals surface area contributed by atoms with E-state index >= 15 is 0 Å². The smallest absolute Gasteiger partial charge is 0.211 e. The number of hydrogen-bond acceptors (Lipinski definition) is 3. The van der Waals surface area contributed by atoms with Crippen molar-refractivity contribution in [1.82, 2.24) is 10.6 Å². The number of halogens is 4. The Balaban J connectivity index is 0.000000406. The monoisotopic (exact) mass is 599 g/mol. The second-order valence-corrected chi connectivity index (χ2v) is 12.3. The van der Waals surface area contributed by atoms with Gasteiger partial charge in [0.25, 0.3) is 0 Å². The van der Waals surface area contributed by atoms with Gasteiger partial charge in [0.2, 0.25) is 12.8 Å². The zero-order valence-corrected chi connectivity index (χ0v) is 25.9. The maximum absolute atomic E-state index is 14.0. The molecule has 5 nitrogen and oxygen atoms in total. The van der Waals surface area contributed by atoms with Gasteiger partial charge in [-0.05, 0) is 47.2 Å². The first-order valence-electron chi connectivity index (χ1n) is 13.9. The molecule has 1 heterocycles. The van der Waals surface area contributed by atoms with E-state index in [1.807, 2.05) is 6.92 Å². The summed E-state index contributed by atoms with van der Waals surface area (Å²) in [5.41, 5.74) is 2.45. The molecule has 1 saturated heterocycles. The molecule has 4 rings (SSSR count). The Morgan fingerprint density at radius 3 is 1.90 bits per heavy atom. The largest absolute Gasteiger partial charge is 0.359 e. The molecule has 2 aromatic rings. The highest BCUT2D eigenvalue weighted by Crippen LogP contribution is 2.41. The molecule has 2 atom stereocenters. The molecule has 0 aromatic heterocycles. The second kappa shape index (κ2) is 19.0. The van der Waals surface area contributed by atoms with Crippen LogP contribution >= 0.6 is 23.2 Å². The summed E-state index contributed by atoms with van der Waals surface area (Å²) in [6.07, 6.45) is 9.75. The van der Waals surface area contributed by atoms with Crippen LogP contribution in [0.1, 0.15) is 96.1 Å². The number of rotatable bonds is 7. The Hall–Kier alpha value is -2.22. The van der Waals surface area contributed by atoms with Crippen molar-refractivity contribution >= 4 is 41.7 Å². The van der Waals surface area contributed by atoms with Crippen LogP contribution in [-0.2, 0) is 9.59 Å². The highest BCUT2D eigenvalue weighted by molar-refractivity contribution is 6.31. The standard InChI is InChI=1S/C17H14Cl2F2N2O.C5H10.C5H12.C4H9NO/c18-13-3-9(1-2-15(13)20)11-6-22-7-12(11)10-4-16(21)14(19)5-17(10)23-8-24;1-2-4-5-3-1;1-5(2,3)4;1-2-3-5-4-6/h1-5,8,11-12,22H,6-7H2,(H,23,24);1-5H2;1-4H3;4H,2-3H2,1H3,(H,5,6)/t11-,12+;;;/m1.../s1. The van der Waals surface area contributed by atoms with E-state index in [2.05, 4.69) is 43.6 Å². The third-order valence-corrected chi connectivity index (χ3v) is 6.60. The number of carbonyl (C=O) groups excluding carboxylic acids is 2. The molecule has 224 valence electrons. The fourth-order valence-electron chi connectivity index (χ4n) is 4.24. The minimum absolute atomic E-state index is 0.0316. The predicted octanol–water partition coefficient (Wildman–Crippen LogP) is 8.46. The zero-order valence-electron chi connectivity index (χ0n) is 24.4. The van der Waals surface area contributed by atoms with Gasteiger partial charge in [-0.25, -0.2) is 8.78 Å². The molecule has 0 radical (unpaired) electrons. The molecule has 1 aliphatic heterocycles. The number of carbonyl (C=O) groups is 2. The molecular weight excluding hydrogens is 555 g/mol. The number of nitrogens with one attached hydrogen (secondary N) is 3. The van der Waals surface area contributed by atoms with Gasteiger partial charge in [0.15, 0.2) is 0 Å². The van der Waals surface area contributed by atoms with E-state index in [4.69, 9.17) is 23.2 Å². The van der Waals surface area contributed by atoms with Crippen LogP contribution < -0.4 is 16.0 Å². The van der Waals surface area contributed by atoms with E-state index in [1.165, 1.54) is 50.3 Å². The number of anilines is 1. The molecule has 2 aromatic carbocycles. The van der Waals surface area contributed by atoms with Crippen molar-refractivity contribution in [3.63, 3.8) is 0 Å². The lowest BCUT2D eigenvalue weighted by Gasteiger charge is -2.22. The average Bonchev–Trinajstić information content (AvgIpc) is 3.62. The van der Waals surface area contributed by atoms with Crippen molar-refractivity contribution in [2.75, 3.05) is 25.0 Å². The SMILES string of the molecule is C1CCCC1.CC(C)(C)C.CCCNC=O.O=CNc1cc(Cl)c(F)cc1[C@@H]1CNC[C@@H]1c1ccc(F)c(Cl)c1. The highest BCUT2D eigenvalue weighted by Gasteiger charge is 2.32. The van der Waals surface area contributed by atoms with E-state index in [-0.39, 0.29) is 21.9 Å². The summed E-state index contributed by atoms with van der Waals surface area (Å²) in [4.78, 5) is 20.3. The summed E-state index contributed by atoms with van der Waals surface area (Å²) in [7, 11) is 0. The fourth-order valence-corrected chi connectivity index (χ4v) is 4.60. The zero-order chi connectivity index (χ0) is 30.1. The van der Waals surface area contributed by atoms with Crippen LogP contribution in [0.4, 0.5) is 14.5 Å². The van der Waals surface area contributed by atoms with Gasteiger partial charge >= 0.3 is 0 Å². The Labute approximate surface area is 248 Å². The third-order valence-electron chi connectivity index (χ3n) is 6.02. The summed E-state index contributed by atoms with van der Waals surface area (Å²) >= 11 is 11.7. The van der Waals surface area contributed by atoms with Gasteiger partial charge in [-0.15, -0.1) is 0 Å². The van der Waals surface area contributed by atoms with Crippen LogP contribution in [0.3, 0.4) is 0 Å². The molecule has 40 heavy (non-hydrogen) atoms. The van der Waals surface area contributed by atoms with E-state index in [0.29, 0.717) is 42.6 Å². The highest BCUT2D eigenvalue weighted by atomic mass is 35.5. The minimum atomic E-state index is -0.550. The van der Waals surface area contributed by atoms with Gasteiger partial charge in [-0.3, -0.25) is 9.59 Å². The molecular formula is C31H45Cl2F2N3O2. The van der Waals surface area contributed by atoms with Crippen LogP contribution in [0.15, 0.2) is 30.3 Å². The quantitative estimate of drug-likeness (QED) is 0.221. The van der Waals surface area contributed by atoms with Crippen molar-refractivity contribution in [2.24, 2.45) is 5.41 Å². The Bertz CT molecular complexity index is 1030. The maximum Gasteiger partial charge on any atom is 0.211 e. The maximum atomic E-state index is 14.0. The van der Waals surface area contributed by atoms with Crippen LogP contribution in [-0.4, -0.2) is 32.5 Å². The van der Waals surface area contributed by atoms with E-state index in [9.17, 15) is 18.4 Å². The lowest BCUT2D eigenvalue weighted by molar-refractivity contribution is -0.109. The molecule has 0 unspecified atom stereocenters. The van der Waals surface area contributed by atoms with Crippen molar-refractivity contribution in [3.05, 3.63) is 63.1 Å². The Morgan fingerprint density at radius 2 is 1.43 bits per heavy atom. The molecule has 2 fully saturated rings. The molecule has 1 saturated carbocycles. The lowest BCUT2D eigenvalue weighted by atomic mass is 9.83. The van der Waals surface area contributed by atoms with Crippen molar-refractivity contribution in [1.29, 1.82) is 0 Å². The van der Waals surface area contributed by atoms with Crippen LogP contribution in [0.5, 0.6) is 0 Å². The molecule has 1 aliphatic carbocycles. The van der Waals surface area contributed by atoms with Crippen molar-refractivity contribution in [2.45, 2.75) is 85.0 Å². The summed E-state index contributed by atoms with van der Waals surface area (Å²) in [6.45, 7) is 12.8. The van der Waals surface area contributed by atoms with Gasteiger partial charge in [0, 0.05) is 37.2 Å². The van der Waals surface area contributed by atoms with Gasteiger partial charge in [0.05, 0.1) is 10.0 Å². The minimum Gasteiger partial charge on any atom is -0.359 e. The number of hydrogen-bond donors (Lipinski definition) is 3. The van der Waals surface area contributed by atoms with E-state index < -0.39 is 11.6 Å². The van der Waals surface area contributed by atoms with Gasteiger partial charge in [0.1, 0.15) is 11.6 Å². The predicted molar refractivity (Wildman–Crippen MR) is 163 cm³/mol. The first kappa shape index (κ1) is 35.8. The van der Waals surface area contributed by atoms with Gasteiger partial charge in [-0.1, -0.05) is 96.0 Å². The van der Waals surface area contributed by atoms with Crippen molar-refractivity contribution in [3.8, 4) is 0 Å².